The number of carbonyl (C=O) groups excluding carboxylic acids is 6. The van der Waals surface area contributed by atoms with Gasteiger partial charge in [0, 0.05) is 94.4 Å². The number of benzene rings is 8. The number of nitrogens with one attached hydrogen (secondary N) is 6. The van der Waals surface area contributed by atoms with Gasteiger partial charge in [-0.3, -0.25) is 14.4 Å². The third-order valence-corrected chi connectivity index (χ3v) is 15.8. The number of hydrogen-bond acceptors (Lipinski definition) is 12. The lowest BCUT2D eigenvalue weighted by Gasteiger charge is -2.26. The SMILES string of the molecule is COc1cc(CN(CCNC(=O)NC(C)(C)C)C(=O)C(C)C)ccc1OCc1ccccc1.COc1cc(CN(CCNC(=O)NCc2ccccc2)C(=O)C(C)C)ccc1OCc1ccccc1.COc1cc(CN(CCNC(=O)Nc2ccccc2)C(=O)C(C)C)ccc1OCc1ccccc1. The van der Waals surface area contributed by atoms with Gasteiger partial charge < -0.3 is 75.0 Å². The Morgan fingerprint density at radius 2 is 0.644 bits per heavy atom. The molecule has 0 saturated carbocycles. The van der Waals surface area contributed by atoms with E-state index in [4.69, 9.17) is 28.4 Å². The quantitative estimate of drug-likeness (QED) is 0.0225. The standard InChI is InChI=1S/C29H35N3O4.C28H33N3O4.C26H37N3O4/c1-22(2)28(33)32(17-16-30-29(34)31-19-23-10-6-4-7-11-23)20-25-14-15-26(27(18-25)35-3)36-21-24-12-8-5-9-13-24;1-21(2)27(32)31(17-16-29-28(33)30-24-12-8-5-9-13-24)19-23-14-15-25(26(18-23)34-3)35-20-22-10-6-4-7-11-22;1-19(2)24(30)29(15-14-27-25(31)28-26(3,4)5)17-21-12-13-22(23(16-21)32-6)33-18-20-10-8-7-9-11-20/h4-15,18,22H,16-17,19-21H2,1-3H3,(H2,30,31,34);4-15,18,21H,16-17,19-20H2,1-3H3,(H2,29,30,33);7-13,16,19H,14-15,17-18H2,1-6H3,(H2,27,28,31). The first-order valence-electron chi connectivity index (χ1n) is 35.1. The molecule has 8 rings (SSSR count). The number of anilines is 1. The maximum Gasteiger partial charge on any atom is 0.319 e. The minimum absolute atomic E-state index is 0.0126. The Bertz CT molecular complexity index is 3900. The fourth-order valence-electron chi connectivity index (χ4n) is 10.4. The van der Waals surface area contributed by atoms with E-state index in [0.717, 1.165) is 38.9 Å². The Morgan fingerprint density at radius 1 is 0.346 bits per heavy atom. The molecule has 0 bridgehead atoms. The van der Waals surface area contributed by atoms with Crippen LogP contribution in [0.25, 0.3) is 0 Å². The average Bonchev–Trinajstić information content (AvgIpc) is 0.855. The first kappa shape index (κ1) is 81.7. The number of carbonyl (C=O) groups is 6. The molecule has 0 aromatic heterocycles. The lowest BCUT2D eigenvalue weighted by molar-refractivity contribution is -0.135. The van der Waals surface area contributed by atoms with Gasteiger partial charge >= 0.3 is 18.1 Å². The Morgan fingerprint density at radius 3 is 0.952 bits per heavy atom. The minimum atomic E-state index is -0.321. The molecule has 0 aliphatic rings. The van der Waals surface area contributed by atoms with Crippen molar-refractivity contribution in [3.8, 4) is 34.5 Å². The van der Waals surface area contributed by atoms with Crippen molar-refractivity contribution >= 4 is 41.5 Å². The second-order valence-corrected chi connectivity index (χ2v) is 26.5. The number of ether oxygens (including phenoxy) is 6. The van der Waals surface area contributed by atoms with Crippen molar-refractivity contribution in [2.45, 2.75) is 114 Å². The zero-order chi connectivity index (χ0) is 75.2. The molecule has 21 heteroatoms. The summed E-state index contributed by atoms with van der Waals surface area (Å²) in [6.07, 6.45) is 0. The zero-order valence-corrected chi connectivity index (χ0v) is 62.3. The van der Waals surface area contributed by atoms with E-state index < -0.39 is 0 Å². The zero-order valence-electron chi connectivity index (χ0n) is 62.3. The second kappa shape index (κ2) is 43.6. The number of hydrogen-bond donors (Lipinski definition) is 6. The van der Waals surface area contributed by atoms with Gasteiger partial charge in [0.05, 0.1) is 21.3 Å². The Kier molecular flexibility index (Phi) is 34.2. The first-order valence-corrected chi connectivity index (χ1v) is 35.1. The van der Waals surface area contributed by atoms with Crippen LogP contribution >= 0.6 is 0 Å². The lowest BCUT2D eigenvalue weighted by atomic mass is 10.1. The molecule has 0 radical (unpaired) electrons. The summed E-state index contributed by atoms with van der Waals surface area (Å²) < 4.78 is 34.4. The highest BCUT2D eigenvalue weighted by Crippen LogP contribution is 2.32. The van der Waals surface area contributed by atoms with Crippen LogP contribution in [0.4, 0.5) is 20.1 Å². The molecule has 6 N–H and O–H groups in total. The van der Waals surface area contributed by atoms with Gasteiger partial charge in [0.15, 0.2) is 34.5 Å². The Hall–Kier alpha value is -11.2. The molecule has 8 aromatic carbocycles. The van der Waals surface area contributed by atoms with Crippen molar-refractivity contribution < 1.29 is 57.2 Å². The molecule has 0 fully saturated rings. The van der Waals surface area contributed by atoms with Gasteiger partial charge in [-0.1, -0.05) is 199 Å². The van der Waals surface area contributed by atoms with Crippen LogP contribution in [0.1, 0.15) is 101 Å². The number of rotatable bonds is 33. The molecule has 104 heavy (non-hydrogen) atoms. The average molecular weight is 1420 g/mol. The van der Waals surface area contributed by atoms with Crippen LogP contribution in [-0.2, 0) is 60.4 Å². The van der Waals surface area contributed by atoms with Crippen molar-refractivity contribution in [2.24, 2.45) is 17.8 Å². The van der Waals surface area contributed by atoms with Gasteiger partial charge in [0.2, 0.25) is 17.7 Å². The second-order valence-electron chi connectivity index (χ2n) is 26.5. The van der Waals surface area contributed by atoms with E-state index in [2.05, 4.69) is 31.9 Å². The van der Waals surface area contributed by atoms with E-state index in [1.807, 2.05) is 269 Å². The summed E-state index contributed by atoms with van der Waals surface area (Å²) in [5.74, 6) is 3.34. The molecule has 8 aromatic rings. The highest BCUT2D eigenvalue weighted by atomic mass is 16.5. The van der Waals surface area contributed by atoms with Crippen molar-refractivity contribution in [1.29, 1.82) is 0 Å². The van der Waals surface area contributed by atoms with Crippen LogP contribution in [0, 0.1) is 17.8 Å². The van der Waals surface area contributed by atoms with E-state index in [1.165, 1.54) is 0 Å². The highest BCUT2D eigenvalue weighted by Gasteiger charge is 2.23. The molecule has 0 spiro atoms. The maximum atomic E-state index is 12.9. The smallest absolute Gasteiger partial charge is 0.319 e. The monoisotopic (exact) mass is 1420 g/mol. The molecule has 0 atom stereocenters. The van der Waals surface area contributed by atoms with Crippen LogP contribution in [0.15, 0.2) is 206 Å². The van der Waals surface area contributed by atoms with Crippen LogP contribution < -0.4 is 60.3 Å². The van der Waals surface area contributed by atoms with Crippen LogP contribution in [0.3, 0.4) is 0 Å². The largest absolute Gasteiger partial charge is 0.493 e. The fraction of sp³-hybridized carbons (Fsp3) is 0.349. The van der Waals surface area contributed by atoms with Gasteiger partial charge in [0.25, 0.3) is 0 Å². The van der Waals surface area contributed by atoms with Crippen LogP contribution in [0.2, 0.25) is 0 Å². The molecule has 0 aliphatic heterocycles. The summed E-state index contributed by atoms with van der Waals surface area (Å²) >= 11 is 0. The molecule has 21 nitrogen and oxygen atoms in total. The molecule has 9 amide bonds. The van der Waals surface area contributed by atoms with Gasteiger partial charge in [0.1, 0.15) is 19.8 Å². The van der Waals surface area contributed by atoms with Crippen molar-refractivity contribution in [1.82, 2.24) is 41.3 Å². The highest BCUT2D eigenvalue weighted by molar-refractivity contribution is 5.89. The van der Waals surface area contributed by atoms with Crippen molar-refractivity contribution in [3.05, 3.63) is 245 Å². The summed E-state index contributed by atoms with van der Waals surface area (Å²) in [7, 11) is 4.80. The van der Waals surface area contributed by atoms with Gasteiger partial charge in [-0.15, -0.1) is 0 Å². The number of nitrogens with zero attached hydrogens (tertiary/aromatic N) is 3. The predicted molar refractivity (Wildman–Crippen MR) is 409 cm³/mol. The third kappa shape index (κ3) is 29.8. The van der Waals surface area contributed by atoms with Gasteiger partial charge in [-0.25, -0.2) is 14.4 Å². The maximum absolute atomic E-state index is 12.9. The van der Waals surface area contributed by atoms with Gasteiger partial charge in [-0.05, 0) is 108 Å². The number of urea groups is 3. The first-order chi connectivity index (χ1) is 50.0. The van der Waals surface area contributed by atoms with Crippen LogP contribution in [0.5, 0.6) is 34.5 Å². The van der Waals surface area contributed by atoms with E-state index >= 15 is 0 Å². The summed E-state index contributed by atoms with van der Waals surface area (Å²) in [5.41, 5.74) is 7.37. The Labute approximate surface area is 614 Å². The van der Waals surface area contributed by atoms with E-state index in [9.17, 15) is 28.8 Å². The van der Waals surface area contributed by atoms with Crippen LogP contribution in [-0.4, -0.2) is 117 Å². The van der Waals surface area contributed by atoms with Crippen molar-refractivity contribution in [2.75, 3.05) is 65.9 Å². The molecule has 0 heterocycles. The topological polar surface area (TPSA) is 240 Å². The third-order valence-electron chi connectivity index (χ3n) is 15.8. The number of methoxy groups -OCH3 is 3. The Balaban J connectivity index is 0.000000245. The molecule has 0 unspecified atom stereocenters. The number of para-hydroxylation sites is 1. The van der Waals surface area contributed by atoms with Gasteiger partial charge in [-0.2, -0.15) is 0 Å². The molecule has 0 aliphatic carbocycles. The minimum Gasteiger partial charge on any atom is -0.493 e. The fourth-order valence-corrected chi connectivity index (χ4v) is 10.4. The molecule has 554 valence electrons. The molecular formula is C83H105N9O12. The van der Waals surface area contributed by atoms with E-state index in [0.29, 0.717) is 125 Å². The lowest BCUT2D eigenvalue weighted by Crippen LogP contribution is -2.48. The number of amides is 9. The summed E-state index contributed by atoms with van der Waals surface area (Å²) in [6.45, 7) is 22.2. The van der Waals surface area contributed by atoms with E-state index in [1.54, 1.807) is 36.0 Å². The van der Waals surface area contributed by atoms with E-state index in [-0.39, 0.29) is 59.1 Å². The summed E-state index contributed by atoms with van der Waals surface area (Å²) in [6, 6.07) is 64.9. The predicted octanol–water partition coefficient (Wildman–Crippen LogP) is 14.2. The molecular weight excluding hydrogens is 1310 g/mol. The van der Waals surface area contributed by atoms with Crippen molar-refractivity contribution in [3.63, 3.8) is 0 Å². The normalized spacial score (nSPS) is 10.7. The summed E-state index contributed by atoms with van der Waals surface area (Å²) in [4.78, 5) is 80.1. The molecule has 0 saturated heterocycles. The summed E-state index contributed by atoms with van der Waals surface area (Å²) in [5, 5.41) is 16.9.